The molecule has 3 heterocycles. The lowest BCUT2D eigenvalue weighted by molar-refractivity contribution is -0.823. The van der Waals surface area contributed by atoms with Crippen LogP contribution in [0.1, 0.15) is 62.0 Å². The van der Waals surface area contributed by atoms with E-state index in [9.17, 15) is 9.59 Å². The van der Waals surface area contributed by atoms with Crippen LogP contribution in [0.25, 0.3) is 0 Å². The number of nitrogens with zero attached hydrogens (tertiary/aromatic N) is 3. The Labute approximate surface area is 244 Å². The van der Waals surface area contributed by atoms with E-state index in [1.807, 2.05) is 37.4 Å². The van der Waals surface area contributed by atoms with Crippen molar-refractivity contribution in [3.05, 3.63) is 60.2 Å². The number of fused-ring (bicyclic) bond motifs is 1. The topological polar surface area (TPSA) is 114 Å². The molecular weight excluding hydrogens is 519 g/mol. The maximum absolute atomic E-state index is 14.0. The van der Waals surface area contributed by atoms with Crippen LogP contribution < -0.4 is 16.0 Å². The highest BCUT2D eigenvalue weighted by atomic mass is 16.6. The average molecular weight is 567 g/mol. The van der Waals surface area contributed by atoms with Gasteiger partial charge in [0.1, 0.15) is 11.7 Å². The van der Waals surface area contributed by atoms with Crippen molar-refractivity contribution in [1.82, 2.24) is 25.9 Å². The molecule has 10 nitrogen and oxygen atoms in total. The molecule has 0 unspecified atom stereocenters. The Hall–Kier alpha value is -2.86. The number of hydrogen-bond donors (Lipinski definition) is 3. The molecule has 41 heavy (non-hydrogen) atoms. The van der Waals surface area contributed by atoms with Gasteiger partial charge in [0.25, 0.3) is 5.91 Å². The Kier molecular flexibility index (Phi) is 11.3. The first-order valence-electron chi connectivity index (χ1n) is 15.2. The Morgan fingerprint density at radius 3 is 2.39 bits per heavy atom. The zero-order valence-corrected chi connectivity index (χ0v) is 24.9. The number of amides is 2. The van der Waals surface area contributed by atoms with Gasteiger partial charge in [-0.2, -0.15) is 0 Å². The molecule has 2 aromatic rings. The summed E-state index contributed by atoms with van der Waals surface area (Å²) in [6.45, 7) is 7.60. The van der Waals surface area contributed by atoms with E-state index in [-0.39, 0.29) is 17.5 Å². The van der Waals surface area contributed by atoms with Crippen LogP contribution in [0.2, 0.25) is 0 Å². The second-order valence-corrected chi connectivity index (χ2v) is 11.9. The molecule has 2 amide bonds. The lowest BCUT2D eigenvalue weighted by Gasteiger charge is -2.51. The number of carbonyl (C=O) groups excluding carboxylic acids is 2. The number of aromatic nitrogens is 2. The van der Waals surface area contributed by atoms with Crippen LogP contribution in [0.15, 0.2) is 48.9 Å². The average Bonchev–Trinajstić information content (AvgIpc) is 3.51. The van der Waals surface area contributed by atoms with Crippen molar-refractivity contribution in [2.45, 2.75) is 64.4 Å². The van der Waals surface area contributed by atoms with Crippen molar-refractivity contribution in [3.63, 3.8) is 0 Å². The van der Waals surface area contributed by atoms with E-state index in [0.29, 0.717) is 25.6 Å². The van der Waals surface area contributed by atoms with Gasteiger partial charge in [-0.15, -0.1) is 0 Å². The van der Waals surface area contributed by atoms with E-state index in [1.165, 1.54) is 37.9 Å². The van der Waals surface area contributed by atoms with Crippen LogP contribution in [0.5, 0.6) is 0 Å². The Bertz CT molecular complexity index is 1100. The van der Waals surface area contributed by atoms with Crippen molar-refractivity contribution in [3.8, 4) is 0 Å². The summed E-state index contributed by atoms with van der Waals surface area (Å²) in [5.74, 6) is -0.668. The highest BCUT2D eigenvalue weighted by Crippen LogP contribution is 2.39. The second kappa shape index (κ2) is 14.9. The molecule has 1 aromatic heterocycles. The molecule has 2 saturated heterocycles. The van der Waals surface area contributed by atoms with Crippen LogP contribution >= 0.6 is 0 Å². The highest BCUT2D eigenvalue weighted by Gasteiger charge is 2.62. The number of carbonyl (C=O) groups is 2. The van der Waals surface area contributed by atoms with Gasteiger partial charge in [-0.05, 0) is 44.3 Å². The molecule has 0 spiro atoms. The Balaban J connectivity index is 1.53. The van der Waals surface area contributed by atoms with Crippen molar-refractivity contribution in [2.24, 2.45) is 5.92 Å². The van der Waals surface area contributed by atoms with Crippen LogP contribution in [-0.4, -0.2) is 91.3 Å². The van der Waals surface area contributed by atoms with E-state index in [2.05, 4.69) is 39.8 Å². The predicted molar refractivity (Wildman–Crippen MR) is 160 cm³/mol. The van der Waals surface area contributed by atoms with Gasteiger partial charge in [0, 0.05) is 31.3 Å². The minimum atomic E-state index is -1.79. The molecule has 0 aliphatic carbocycles. The summed E-state index contributed by atoms with van der Waals surface area (Å²) in [5, 5.41) is 9.48. The first kappa shape index (κ1) is 31.1. The standard InChI is InChI=1S/C30H47BN6O4/c1-24(2)21-28(31-37(17-19-40-31,18-20-41-31)16-10-5-4-9-13-32-3)36-29(38)26(22-25-11-7-6-8-12-25)35-30(39)27-23-33-14-15-34-27/h6-8,11-12,14-15,23-24,26,28,32H,4-5,9-10,13,16-22H2,1-3H3,(H,35,39)(H,36,38)/t26-,28-,31?,37?/m0/s1. The quantitative estimate of drug-likeness (QED) is 0.211. The van der Waals surface area contributed by atoms with Crippen molar-refractivity contribution < 1.29 is 23.3 Å². The molecule has 0 bridgehead atoms. The summed E-state index contributed by atoms with van der Waals surface area (Å²) in [5.41, 5.74) is 1.12. The fraction of sp³-hybridized carbons (Fsp3) is 0.600. The second-order valence-electron chi connectivity index (χ2n) is 11.9. The van der Waals surface area contributed by atoms with Crippen molar-refractivity contribution in [2.75, 3.05) is 46.4 Å². The van der Waals surface area contributed by atoms with Crippen LogP contribution in [0.4, 0.5) is 0 Å². The normalized spacial score (nSPS) is 23.2. The molecule has 224 valence electrons. The molecular formula is C30H47BN6O4. The van der Waals surface area contributed by atoms with E-state index in [1.54, 1.807) is 0 Å². The first-order valence-corrected chi connectivity index (χ1v) is 15.2. The molecule has 4 rings (SSSR count). The number of nitrogens with one attached hydrogen (secondary N) is 3. The molecule has 0 saturated carbocycles. The molecule has 2 atom stereocenters. The predicted octanol–water partition coefficient (Wildman–Crippen LogP) is 2.48. The monoisotopic (exact) mass is 566 g/mol. The molecule has 2 aliphatic rings. The zero-order valence-electron chi connectivity index (χ0n) is 24.9. The smallest absolute Gasteiger partial charge is 0.494 e. The summed E-state index contributed by atoms with van der Waals surface area (Å²) in [6.07, 6.45) is 10.1. The first-order chi connectivity index (χ1) is 19.9. The third kappa shape index (κ3) is 7.71. The van der Waals surface area contributed by atoms with Gasteiger partial charge in [0.2, 0.25) is 5.91 Å². The molecule has 0 radical (unpaired) electrons. The maximum Gasteiger partial charge on any atom is 0.494 e. The third-order valence-corrected chi connectivity index (χ3v) is 8.59. The zero-order chi connectivity index (χ0) is 29.1. The van der Waals surface area contributed by atoms with E-state index in [4.69, 9.17) is 9.31 Å². The number of quaternary nitrogens is 1. The van der Waals surface area contributed by atoms with Gasteiger partial charge in [0.15, 0.2) is 0 Å². The number of unbranched alkanes of at least 4 members (excludes halogenated alkanes) is 3. The van der Waals surface area contributed by atoms with Crippen molar-refractivity contribution >= 4 is 18.5 Å². The van der Waals surface area contributed by atoms with Gasteiger partial charge in [-0.1, -0.05) is 57.0 Å². The Morgan fingerprint density at radius 2 is 1.73 bits per heavy atom. The minimum Gasteiger partial charge on any atom is -0.508 e. The molecule has 2 aliphatic heterocycles. The lowest BCUT2D eigenvalue weighted by Crippen LogP contribution is -2.73. The largest absolute Gasteiger partial charge is 0.508 e. The number of benzene rings is 1. The van der Waals surface area contributed by atoms with E-state index >= 15 is 0 Å². The van der Waals surface area contributed by atoms with E-state index < -0.39 is 18.6 Å². The number of hydrogen-bond acceptors (Lipinski definition) is 7. The lowest BCUT2D eigenvalue weighted by atomic mass is 9.57. The van der Waals surface area contributed by atoms with Gasteiger partial charge in [-0.3, -0.25) is 14.6 Å². The Morgan fingerprint density at radius 1 is 1.00 bits per heavy atom. The molecule has 1 aromatic carbocycles. The van der Waals surface area contributed by atoms with Gasteiger partial charge < -0.3 is 29.7 Å². The highest BCUT2D eigenvalue weighted by molar-refractivity contribution is 6.63. The summed E-state index contributed by atoms with van der Waals surface area (Å²) in [7, 11) is 1.99. The number of rotatable bonds is 16. The summed E-state index contributed by atoms with van der Waals surface area (Å²) >= 11 is 0. The molecule has 3 N–H and O–H groups in total. The van der Waals surface area contributed by atoms with Crippen LogP contribution in [-0.2, 0) is 20.5 Å². The van der Waals surface area contributed by atoms with Crippen LogP contribution in [0, 0.1) is 5.92 Å². The fourth-order valence-electron chi connectivity index (χ4n) is 6.58. The third-order valence-electron chi connectivity index (χ3n) is 8.59. The SMILES string of the molecule is CNCCCCCC[N+]12CCO[B-]1([C@H](CC(C)C)NC(=O)[C@H](Cc1ccccc1)NC(=O)c1cnccn1)OCC2. The van der Waals surface area contributed by atoms with Gasteiger partial charge in [-0.25, -0.2) is 4.98 Å². The molecule has 11 heteroatoms. The van der Waals surface area contributed by atoms with Gasteiger partial charge in [0.05, 0.1) is 32.5 Å². The molecule has 2 fully saturated rings. The summed E-state index contributed by atoms with van der Waals surface area (Å²) in [4.78, 5) is 35.2. The minimum absolute atomic E-state index is 0.170. The summed E-state index contributed by atoms with van der Waals surface area (Å²) < 4.78 is 13.9. The maximum atomic E-state index is 14.0. The summed E-state index contributed by atoms with van der Waals surface area (Å²) in [6, 6.07) is 8.92. The van der Waals surface area contributed by atoms with Crippen molar-refractivity contribution in [1.29, 1.82) is 0 Å². The van der Waals surface area contributed by atoms with Gasteiger partial charge >= 0.3 is 6.69 Å². The van der Waals surface area contributed by atoms with Crippen LogP contribution in [0.3, 0.4) is 0 Å². The fourth-order valence-corrected chi connectivity index (χ4v) is 6.58. The van der Waals surface area contributed by atoms with E-state index in [0.717, 1.165) is 49.0 Å².